The number of hydrogen-bond acceptors (Lipinski definition) is 3. The van der Waals surface area contributed by atoms with E-state index in [0.717, 1.165) is 17.4 Å². The van der Waals surface area contributed by atoms with Gasteiger partial charge in [0.25, 0.3) is 0 Å². The maximum atomic E-state index is 6.30. The third kappa shape index (κ3) is 2.40. The Morgan fingerprint density at radius 1 is 1.19 bits per heavy atom. The average Bonchev–Trinajstić information content (AvgIpc) is 2.33. The third-order valence-electron chi connectivity index (χ3n) is 4.11. The Morgan fingerprint density at radius 3 is 2.50 bits per heavy atom. The summed E-state index contributed by atoms with van der Waals surface area (Å²) in [6.07, 6.45) is 9.02. The van der Waals surface area contributed by atoms with Crippen molar-refractivity contribution in [2.75, 3.05) is 0 Å². The largest absolute Gasteiger partial charge is 0.324 e. The quantitative estimate of drug-likeness (QED) is 0.831. The summed E-state index contributed by atoms with van der Waals surface area (Å²) in [6.45, 7) is 4.68. The van der Waals surface area contributed by atoms with Gasteiger partial charge in [0.05, 0.1) is 0 Å². The molecule has 4 unspecified atom stereocenters. The molecular weight excluding hydrogens is 198 g/mol. The molecule has 0 bridgehead atoms. The Hall–Kier alpha value is -0.960. The zero-order valence-corrected chi connectivity index (χ0v) is 10.1. The van der Waals surface area contributed by atoms with Crippen LogP contribution in [0.3, 0.4) is 0 Å². The van der Waals surface area contributed by atoms with E-state index >= 15 is 0 Å². The molecule has 1 aromatic heterocycles. The van der Waals surface area contributed by atoms with Crippen molar-refractivity contribution in [1.29, 1.82) is 0 Å². The fraction of sp³-hybridized carbons (Fsp3) is 0.692. The molecule has 4 atom stereocenters. The molecular formula is C13H21N3. The van der Waals surface area contributed by atoms with Crippen LogP contribution >= 0.6 is 0 Å². The molecule has 88 valence electrons. The maximum Gasteiger partial charge on any atom is 0.115 e. The molecule has 1 aliphatic rings. The minimum Gasteiger partial charge on any atom is -0.324 e. The molecule has 1 saturated carbocycles. The van der Waals surface area contributed by atoms with Crippen LogP contribution < -0.4 is 5.73 Å². The first-order valence-corrected chi connectivity index (χ1v) is 6.19. The van der Waals surface area contributed by atoms with Gasteiger partial charge >= 0.3 is 0 Å². The predicted molar refractivity (Wildman–Crippen MR) is 64.6 cm³/mol. The van der Waals surface area contributed by atoms with Gasteiger partial charge in [-0.25, -0.2) is 9.97 Å². The van der Waals surface area contributed by atoms with Crippen molar-refractivity contribution < 1.29 is 0 Å². The molecule has 3 heteroatoms. The number of nitrogens with zero attached hydrogens (tertiary/aromatic N) is 2. The maximum absolute atomic E-state index is 6.30. The molecule has 1 aromatic rings. The minimum absolute atomic E-state index is 0.108. The summed E-state index contributed by atoms with van der Waals surface area (Å²) in [4.78, 5) is 8.09. The standard InChI is InChI=1S/C13H21N3/c1-9-3-4-11(5-10(9)2)13(14)12-6-15-8-16-7-12/h6-11,13H,3-5,14H2,1-2H3. The molecule has 3 nitrogen and oxygen atoms in total. The van der Waals surface area contributed by atoms with Crippen LogP contribution in [0.1, 0.15) is 44.7 Å². The Labute approximate surface area is 97.5 Å². The van der Waals surface area contributed by atoms with Crippen molar-refractivity contribution in [3.63, 3.8) is 0 Å². The highest BCUT2D eigenvalue weighted by molar-refractivity contribution is 5.10. The Kier molecular flexibility index (Phi) is 3.54. The van der Waals surface area contributed by atoms with Crippen LogP contribution in [0.2, 0.25) is 0 Å². The lowest BCUT2D eigenvalue weighted by atomic mass is 9.72. The van der Waals surface area contributed by atoms with E-state index in [1.807, 2.05) is 12.4 Å². The molecule has 2 rings (SSSR count). The third-order valence-corrected chi connectivity index (χ3v) is 4.11. The first kappa shape index (κ1) is 11.5. The predicted octanol–water partition coefficient (Wildman–Crippen LogP) is 2.55. The van der Waals surface area contributed by atoms with Gasteiger partial charge in [0, 0.05) is 24.0 Å². The molecule has 0 saturated heterocycles. The van der Waals surface area contributed by atoms with Gasteiger partial charge in [-0.3, -0.25) is 0 Å². The SMILES string of the molecule is CC1CCC(C(N)c2cncnc2)CC1C. The molecule has 0 aliphatic heterocycles. The molecule has 1 fully saturated rings. The number of rotatable bonds is 2. The van der Waals surface area contributed by atoms with Crippen LogP contribution in [0.5, 0.6) is 0 Å². The first-order chi connectivity index (χ1) is 7.68. The summed E-state index contributed by atoms with van der Waals surface area (Å²) in [5.41, 5.74) is 7.38. The van der Waals surface area contributed by atoms with Gasteiger partial charge in [0.2, 0.25) is 0 Å². The van der Waals surface area contributed by atoms with E-state index in [1.165, 1.54) is 19.3 Å². The Balaban J connectivity index is 2.03. The van der Waals surface area contributed by atoms with E-state index < -0.39 is 0 Å². The van der Waals surface area contributed by atoms with Crippen molar-refractivity contribution in [1.82, 2.24) is 9.97 Å². The molecule has 1 heterocycles. The van der Waals surface area contributed by atoms with E-state index in [9.17, 15) is 0 Å². The van der Waals surface area contributed by atoms with Crippen molar-refractivity contribution in [2.45, 2.75) is 39.2 Å². The van der Waals surface area contributed by atoms with Gasteiger partial charge in [0.15, 0.2) is 0 Å². The van der Waals surface area contributed by atoms with Gasteiger partial charge in [-0.1, -0.05) is 20.3 Å². The molecule has 1 aliphatic carbocycles. The van der Waals surface area contributed by atoms with Gasteiger partial charge in [-0.05, 0) is 30.6 Å². The van der Waals surface area contributed by atoms with Crippen LogP contribution in [-0.2, 0) is 0 Å². The van der Waals surface area contributed by atoms with E-state index in [0.29, 0.717) is 5.92 Å². The second-order valence-electron chi connectivity index (χ2n) is 5.23. The van der Waals surface area contributed by atoms with Gasteiger partial charge in [-0.15, -0.1) is 0 Å². The summed E-state index contributed by atoms with van der Waals surface area (Å²) in [7, 11) is 0. The topological polar surface area (TPSA) is 51.8 Å². The first-order valence-electron chi connectivity index (χ1n) is 6.19. The van der Waals surface area contributed by atoms with Crippen molar-refractivity contribution in [2.24, 2.45) is 23.5 Å². The smallest absolute Gasteiger partial charge is 0.115 e. The van der Waals surface area contributed by atoms with Crippen LogP contribution in [0.25, 0.3) is 0 Å². The number of aromatic nitrogens is 2. The summed E-state index contributed by atoms with van der Waals surface area (Å²) < 4.78 is 0. The van der Waals surface area contributed by atoms with Crippen molar-refractivity contribution in [3.8, 4) is 0 Å². The Bertz CT molecular complexity index is 325. The molecule has 16 heavy (non-hydrogen) atoms. The van der Waals surface area contributed by atoms with Gasteiger partial charge in [0.1, 0.15) is 6.33 Å². The highest BCUT2D eigenvalue weighted by atomic mass is 14.8. The van der Waals surface area contributed by atoms with Crippen molar-refractivity contribution >= 4 is 0 Å². The van der Waals surface area contributed by atoms with E-state index in [2.05, 4.69) is 23.8 Å². The van der Waals surface area contributed by atoms with Gasteiger partial charge in [-0.2, -0.15) is 0 Å². The normalized spacial score (nSPS) is 32.3. The zero-order valence-electron chi connectivity index (χ0n) is 10.1. The zero-order chi connectivity index (χ0) is 11.5. The fourth-order valence-electron chi connectivity index (χ4n) is 2.67. The Morgan fingerprint density at radius 2 is 1.88 bits per heavy atom. The number of nitrogens with two attached hydrogens (primary N) is 1. The average molecular weight is 219 g/mol. The second kappa shape index (κ2) is 4.91. The summed E-state index contributed by atoms with van der Waals surface area (Å²) >= 11 is 0. The van der Waals surface area contributed by atoms with Crippen LogP contribution in [0.15, 0.2) is 18.7 Å². The summed E-state index contributed by atoms with van der Waals surface area (Å²) in [6, 6.07) is 0.108. The second-order valence-corrected chi connectivity index (χ2v) is 5.23. The molecule has 0 spiro atoms. The lowest BCUT2D eigenvalue weighted by molar-refractivity contribution is 0.186. The van der Waals surface area contributed by atoms with E-state index in [1.54, 1.807) is 6.33 Å². The molecule has 0 amide bonds. The summed E-state index contributed by atoms with van der Waals surface area (Å²) in [5.74, 6) is 2.22. The van der Waals surface area contributed by atoms with Crippen LogP contribution in [0, 0.1) is 17.8 Å². The van der Waals surface area contributed by atoms with Crippen LogP contribution in [-0.4, -0.2) is 9.97 Å². The highest BCUT2D eigenvalue weighted by Gasteiger charge is 2.29. The summed E-state index contributed by atoms with van der Waals surface area (Å²) in [5, 5.41) is 0. The van der Waals surface area contributed by atoms with E-state index in [4.69, 9.17) is 5.73 Å². The van der Waals surface area contributed by atoms with E-state index in [-0.39, 0.29) is 6.04 Å². The lowest BCUT2D eigenvalue weighted by Crippen LogP contribution is -2.29. The minimum atomic E-state index is 0.108. The van der Waals surface area contributed by atoms with Crippen molar-refractivity contribution in [3.05, 3.63) is 24.3 Å². The molecule has 0 radical (unpaired) electrons. The molecule has 0 aromatic carbocycles. The monoisotopic (exact) mass is 219 g/mol. The molecule has 2 N–H and O–H groups in total. The van der Waals surface area contributed by atoms with Gasteiger partial charge < -0.3 is 5.73 Å². The highest BCUT2D eigenvalue weighted by Crippen LogP contribution is 2.38. The lowest BCUT2D eigenvalue weighted by Gasteiger charge is -2.35. The number of hydrogen-bond donors (Lipinski definition) is 1. The fourth-order valence-corrected chi connectivity index (χ4v) is 2.67. The van der Waals surface area contributed by atoms with Crippen LogP contribution in [0.4, 0.5) is 0 Å².